The smallest absolute Gasteiger partial charge is 0.104 e. The highest BCUT2D eigenvalue weighted by Gasteiger charge is 2.43. The van der Waals surface area contributed by atoms with Crippen molar-refractivity contribution in [3.8, 4) is 0 Å². The molecule has 0 atom stereocenters. The fraction of sp³-hybridized carbons (Fsp3) is 0.400. The van der Waals surface area contributed by atoms with Crippen molar-refractivity contribution >= 4 is 11.6 Å². The Labute approximate surface area is 81.7 Å². The van der Waals surface area contributed by atoms with E-state index in [9.17, 15) is 4.39 Å². The number of rotatable bonds is 1. The lowest BCUT2D eigenvalue weighted by atomic mass is 9.71. The van der Waals surface area contributed by atoms with Crippen LogP contribution in [-0.2, 0) is 5.54 Å². The summed E-state index contributed by atoms with van der Waals surface area (Å²) >= 11 is 5.97. The molecule has 3 heteroatoms. The lowest BCUT2D eigenvalue weighted by Gasteiger charge is -2.41. The first-order valence-electron chi connectivity index (χ1n) is 4.30. The van der Waals surface area contributed by atoms with Crippen LogP contribution in [0.25, 0.3) is 0 Å². The van der Waals surface area contributed by atoms with Crippen molar-refractivity contribution < 1.29 is 4.39 Å². The van der Waals surface area contributed by atoms with Gasteiger partial charge in [0.25, 0.3) is 0 Å². The number of hydrogen-bond donors (Lipinski definition) is 1. The Morgan fingerprint density at radius 2 is 2.00 bits per heavy atom. The SMILES string of the molecule is NC1(c2ccccc2Cl)CC(F)C1. The Morgan fingerprint density at radius 3 is 2.54 bits per heavy atom. The van der Waals surface area contributed by atoms with Gasteiger partial charge in [-0.25, -0.2) is 4.39 Å². The second-order valence-corrected chi connectivity index (χ2v) is 4.05. The second-order valence-electron chi connectivity index (χ2n) is 3.64. The summed E-state index contributed by atoms with van der Waals surface area (Å²) in [5.74, 6) is 0. The predicted octanol–water partition coefficient (Wildman–Crippen LogP) is 2.63. The summed E-state index contributed by atoms with van der Waals surface area (Å²) < 4.78 is 12.7. The minimum absolute atomic E-state index is 0.386. The van der Waals surface area contributed by atoms with Crippen LogP contribution in [0, 0.1) is 0 Å². The molecule has 0 aromatic heterocycles. The fourth-order valence-electron chi connectivity index (χ4n) is 1.82. The number of halogens is 2. The van der Waals surface area contributed by atoms with E-state index in [4.69, 9.17) is 17.3 Å². The van der Waals surface area contributed by atoms with Crippen LogP contribution < -0.4 is 5.73 Å². The fourth-order valence-corrected chi connectivity index (χ4v) is 2.14. The van der Waals surface area contributed by atoms with Crippen LogP contribution in [0.3, 0.4) is 0 Å². The molecule has 0 bridgehead atoms. The zero-order valence-corrected chi connectivity index (χ0v) is 7.89. The van der Waals surface area contributed by atoms with Crippen LogP contribution in [-0.4, -0.2) is 6.17 Å². The van der Waals surface area contributed by atoms with Crippen LogP contribution >= 0.6 is 11.6 Å². The first-order valence-corrected chi connectivity index (χ1v) is 4.67. The van der Waals surface area contributed by atoms with Crippen molar-refractivity contribution in [2.24, 2.45) is 5.73 Å². The molecule has 0 saturated heterocycles. The van der Waals surface area contributed by atoms with E-state index in [2.05, 4.69) is 0 Å². The average Bonchev–Trinajstić information content (AvgIpc) is 2.02. The molecular weight excluding hydrogens is 189 g/mol. The molecule has 1 aliphatic rings. The molecule has 1 fully saturated rings. The van der Waals surface area contributed by atoms with E-state index < -0.39 is 11.7 Å². The van der Waals surface area contributed by atoms with E-state index in [-0.39, 0.29) is 0 Å². The summed E-state index contributed by atoms with van der Waals surface area (Å²) in [6.07, 6.45) is 0.00859. The summed E-state index contributed by atoms with van der Waals surface area (Å²) in [6, 6.07) is 7.38. The molecule has 0 spiro atoms. The van der Waals surface area contributed by atoms with Crippen LogP contribution in [0.2, 0.25) is 5.02 Å². The second kappa shape index (κ2) is 2.96. The Balaban J connectivity index is 2.31. The third kappa shape index (κ3) is 1.45. The van der Waals surface area contributed by atoms with Gasteiger partial charge in [-0.15, -0.1) is 0 Å². The molecule has 1 aliphatic carbocycles. The molecule has 1 aromatic rings. The Bertz CT molecular complexity index is 320. The molecule has 1 aromatic carbocycles. The van der Waals surface area contributed by atoms with Gasteiger partial charge < -0.3 is 5.73 Å². The molecule has 2 rings (SSSR count). The monoisotopic (exact) mass is 199 g/mol. The maximum atomic E-state index is 12.7. The molecule has 1 nitrogen and oxygen atoms in total. The molecule has 0 unspecified atom stereocenters. The van der Waals surface area contributed by atoms with Crippen molar-refractivity contribution in [3.05, 3.63) is 34.9 Å². The standard InChI is InChI=1S/C10H11ClFN/c11-9-4-2-1-3-8(9)10(13)5-7(12)6-10/h1-4,7H,5-6,13H2. The summed E-state index contributed by atoms with van der Waals surface area (Å²) in [6.45, 7) is 0. The number of nitrogens with two attached hydrogens (primary N) is 1. The summed E-state index contributed by atoms with van der Waals surface area (Å²) in [5, 5.41) is 0.636. The third-order valence-corrected chi connectivity index (χ3v) is 2.91. The van der Waals surface area contributed by atoms with Crippen LogP contribution in [0.1, 0.15) is 18.4 Å². The van der Waals surface area contributed by atoms with Gasteiger partial charge in [0.1, 0.15) is 6.17 Å². The first kappa shape index (κ1) is 8.97. The van der Waals surface area contributed by atoms with Crippen molar-refractivity contribution in [1.29, 1.82) is 0 Å². The van der Waals surface area contributed by atoms with Gasteiger partial charge in [0.2, 0.25) is 0 Å². The maximum Gasteiger partial charge on any atom is 0.104 e. The Morgan fingerprint density at radius 1 is 1.38 bits per heavy atom. The molecule has 70 valence electrons. The van der Waals surface area contributed by atoms with Gasteiger partial charge in [0, 0.05) is 23.4 Å². The quantitative estimate of drug-likeness (QED) is 0.740. The Kier molecular flexibility index (Phi) is 2.05. The normalized spacial score (nSPS) is 32.7. The minimum atomic E-state index is -0.763. The zero-order valence-electron chi connectivity index (χ0n) is 7.13. The maximum absolute atomic E-state index is 12.7. The van der Waals surface area contributed by atoms with Gasteiger partial charge in [0.15, 0.2) is 0 Å². The van der Waals surface area contributed by atoms with Gasteiger partial charge in [-0.1, -0.05) is 29.8 Å². The average molecular weight is 200 g/mol. The highest BCUT2D eigenvalue weighted by molar-refractivity contribution is 6.31. The van der Waals surface area contributed by atoms with E-state index in [0.717, 1.165) is 5.56 Å². The lowest BCUT2D eigenvalue weighted by Crippen LogP contribution is -2.50. The van der Waals surface area contributed by atoms with Crippen molar-refractivity contribution in [1.82, 2.24) is 0 Å². The van der Waals surface area contributed by atoms with Crippen molar-refractivity contribution in [3.63, 3.8) is 0 Å². The molecule has 0 aliphatic heterocycles. The number of hydrogen-bond acceptors (Lipinski definition) is 1. The summed E-state index contributed by atoms with van der Waals surface area (Å²) in [4.78, 5) is 0. The number of benzene rings is 1. The van der Waals surface area contributed by atoms with Crippen molar-refractivity contribution in [2.75, 3.05) is 0 Å². The third-order valence-electron chi connectivity index (χ3n) is 2.58. The van der Waals surface area contributed by atoms with Gasteiger partial charge in [0.05, 0.1) is 0 Å². The minimum Gasteiger partial charge on any atom is -0.321 e. The lowest BCUT2D eigenvalue weighted by molar-refractivity contribution is 0.0986. The number of alkyl halides is 1. The Hall–Kier alpha value is -0.600. The van der Waals surface area contributed by atoms with Gasteiger partial charge in [-0.2, -0.15) is 0 Å². The van der Waals surface area contributed by atoms with Crippen LogP contribution in [0.15, 0.2) is 24.3 Å². The highest BCUT2D eigenvalue weighted by Crippen LogP contribution is 2.43. The van der Waals surface area contributed by atoms with E-state index >= 15 is 0 Å². The van der Waals surface area contributed by atoms with Crippen LogP contribution in [0.4, 0.5) is 4.39 Å². The van der Waals surface area contributed by atoms with E-state index in [1.165, 1.54) is 0 Å². The largest absolute Gasteiger partial charge is 0.321 e. The molecule has 1 saturated carbocycles. The zero-order chi connectivity index (χ0) is 9.47. The highest BCUT2D eigenvalue weighted by atomic mass is 35.5. The summed E-state index contributed by atoms with van der Waals surface area (Å²) in [7, 11) is 0. The first-order chi connectivity index (χ1) is 6.12. The topological polar surface area (TPSA) is 26.0 Å². The molecular formula is C10H11ClFN. The van der Waals surface area contributed by atoms with E-state index in [1.54, 1.807) is 6.07 Å². The predicted molar refractivity (Wildman–Crippen MR) is 51.4 cm³/mol. The van der Waals surface area contributed by atoms with Gasteiger partial charge >= 0.3 is 0 Å². The van der Waals surface area contributed by atoms with Gasteiger partial charge in [-0.05, 0) is 11.6 Å². The molecule has 0 radical (unpaired) electrons. The molecule has 2 N–H and O–H groups in total. The van der Waals surface area contributed by atoms with E-state index in [0.29, 0.717) is 17.9 Å². The molecule has 13 heavy (non-hydrogen) atoms. The summed E-state index contributed by atoms with van der Waals surface area (Å²) in [5.41, 5.74) is 6.33. The van der Waals surface area contributed by atoms with Crippen molar-refractivity contribution in [2.45, 2.75) is 24.6 Å². The molecule has 0 heterocycles. The molecule has 0 amide bonds. The van der Waals surface area contributed by atoms with Gasteiger partial charge in [-0.3, -0.25) is 0 Å². The van der Waals surface area contributed by atoms with Crippen LogP contribution in [0.5, 0.6) is 0 Å². The van der Waals surface area contributed by atoms with E-state index in [1.807, 2.05) is 18.2 Å².